The van der Waals surface area contributed by atoms with Crippen molar-refractivity contribution in [2.45, 2.75) is 39.2 Å². The summed E-state index contributed by atoms with van der Waals surface area (Å²) in [6.07, 6.45) is 3.98. The number of rotatable bonds is 11. The summed E-state index contributed by atoms with van der Waals surface area (Å²) in [7, 11) is -1.56. The Morgan fingerprint density at radius 2 is 1.76 bits per heavy atom. The molecule has 0 bridgehead atoms. The number of hydrogen-bond acceptors (Lipinski definition) is 4. The van der Waals surface area contributed by atoms with E-state index < -0.39 is 9.28 Å². The minimum atomic E-state index is -1.56. The largest absolute Gasteiger partial charge is 0.463 e. The van der Waals surface area contributed by atoms with Crippen LogP contribution in [0.2, 0.25) is 6.04 Å². The molecule has 0 heterocycles. The first-order chi connectivity index (χ1) is 8.24. The molecule has 0 aromatic carbocycles. The standard InChI is InChI=1S/C12H24O4Si/c1-4-8-15-17(16-9-5-2)11-7-10-14-12(13)6-3/h6,17H,3-5,7-11H2,1-2H3. The third kappa shape index (κ3) is 10.2. The molecule has 0 rings (SSSR count). The second kappa shape index (κ2) is 11.8. The summed E-state index contributed by atoms with van der Waals surface area (Å²) in [5, 5.41) is 0. The first kappa shape index (κ1) is 16.3. The Balaban J connectivity index is 3.66. The average molecular weight is 260 g/mol. The van der Waals surface area contributed by atoms with Crippen molar-refractivity contribution in [3.05, 3.63) is 12.7 Å². The van der Waals surface area contributed by atoms with E-state index in [2.05, 4.69) is 20.4 Å². The van der Waals surface area contributed by atoms with E-state index in [4.69, 9.17) is 13.6 Å². The molecule has 0 aromatic heterocycles. The molecule has 0 aliphatic heterocycles. The van der Waals surface area contributed by atoms with Crippen LogP contribution < -0.4 is 0 Å². The molecule has 0 radical (unpaired) electrons. The second-order valence-corrected chi connectivity index (χ2v) is 5.79. The Labute approximate surface area is 106 Å². The lowest BCUT2D eigenvalue weighted by molar-refractivity contribution is -0.137. The van der Waals surface area contributed by atoms with E-state index in [1.54, 1.807) is 0 Å². The molecular weight excluding hydrogens is 236 g/mol. The van der Waals surface area contributed by atoms with E-state index in [1.165, 1.54) is 6.08 Å². The maximum absolute atomic E-state index is 10.8. The molecule has 0 aliphatic carbocycles. The highest BCUT2D eigenvalue weighted by Gasteiger charge is 2.12. The van der Waals surface area contributed by atoms with Crippen LogP contribution in [-0.2, 0) is 18.4 Å². The van der Waals surface area contributed by atoms with Crippen LogP contribution in [0.1, 0.15) is 33.1 Å². The zero-order valence-electron chi connectivity index (χ0n) is 10.9. The predicted octanol–water partition coefficient (Wildman–Crippen LogP) is 2.18. The first-order valence-corrected chi connectivity index (χ1v) is 8.02. The summed E-state index contributed by atoms with van der Waals surface area (Å²) < 4.78 is 16.3. The lowest BCUT2D eigenvalue weighted by Crippen LogP contribution is -2.24. The Morgan fingerprint density at radius 1 is 1.18 bits per heavy atom. The quantitative estimate of drug-likeness (QED) is 0.247. The van der Waals surface area contributed by atoms with Crippen LogP contribution in [0.3, 0.4) is 0 Å². The number of carbonyl (C=O) groups is 1. The van der Waals surface area contributed by atoms with Crippen LogP contribution in [0.25, 0.3) is 0 Å². The Hall–Kier alpha value is -0.653. The lowest BCUT2D eigenvalue weighted by Gasteiger charge is -2.15. The van der Waals surface area contributed by atoms with Gasteiger partial charge in [-0.05, 0) is 25.3 Å². The molecule has 0 aliphatic rings. The first-order valence-electron chi connectivity index (χ1n) is 6.27. The summed E-state index contributed by atoms with van der Waals surface area (Å²) in [6, 6.07) is 0.879. The van der Waals surface area contributed by atoms with Crippen molar-refractivity contribution in [2.24, 2.45) is 0 Å². The van der Waals surface area contributed by atoms with Gasteiger partial charge < -0.3 is 13.6 Å². The van der Waals surface area contributed by atoms with Crippen LogP contribution in [0, 0.1) is 0 Å². The smallest absolute Gasteiger partial charge is 0.330 e. The van der Waals surface area contributed by atoms with Crippen molar-refractivity contribution < 1.29 is 18.4 Å². The number of ether oxygens (including phenoxy) is 1. The summed E-state index contributed by atoms with van der Waals surface area (Å²) >= 11 is 0. The summed E-state index contributed by atoms with van der Waals surface area (Å²) in [5.41, 5.74) is 0. The van der Waals surface area contributed by atoms with Gasteiger partial charge in [0.15, 0.2) is 0 Å². The molecule has 0 unspecified atom stereocenters. The van der Waals surface area contributed by atoms with E-state index in [-0.39, 0.29) is 5.97 Å². The van der Waals surface area contributed by atoms with Crippen LogP contribution in [0.5, 0.6) is 0 Å². The third-order valence-electron chi connectivity index (χ3n) is 2.01. The minimum absolute atomic E-state index is 0.368. The van der Waals surface area contributed by atoms with Gasteiger partial charge in [0.05, 0.1) is 6.61 Å². The molecule has 0 saturated heterocycles. The zero-order chi connectivity index (χ0) is 12.9. The van der Waals surface area contributed by atoms with Gasteiger partial charge in [0, 0.05) is 19.3 Å². The predicted molar refractivity (Wildman–Crippen MR) is 70.2 cm³/mol. The summed E-state index contributed by atoms with van der Waals surface area (Å²) in [5.74, 6) is -0.368. The van der Waals surface area contributed by atoms with Crippen molar-refractivity contribution in [1.29, 1.82) is 0 Å². The highest BCUT2D eigenvalue weighted by molar-refractivity contribution is 6.44. The van der Waals surface area contributed by atoms with E-state index in [9.17, 15) is 4.79 Å². The lowest BCUT2D eigenvalue weighted by atomic mass is 10.5. The average Bonchev–Trinajstić information content (AvgIpc) is 2.36. The van der Waals surface area contributed by atoms with Gasteiger partial charge >= 0.3 is 15.3 Å². The van der Waals surface area contributed by atoms with Crippen LogP contribution >= 0.6 is 0 Å². The van der Waals surface area contributed by atoms with Crippen LogP contribution in [-0.4, -0.2) is 35.1 Å². The highest BCUT2D eigenvalue weighted by Crippen LogP contribution is 2.04. The molecule has 0 amide bonds. The van der Waals surface area contributed by atoms with E-state index in [1.807, 2.05) is 0 Å². The monoisotopic (exact) mass is 260 g/mol. The van der Waals surface area contributed by atoms with Gasteiger partial charge in [-0.3, -0.25) is 0 Å². The van der Waals surface area contributed by atoms with Crippen molar-refractivity contribution in [1.82, 2.24) is 0 Å². The Bertz CT molecular complexity index is 201. The van der Waals surface area contributed by atoms with Crippen molar-refractivity contribution >= 4 is 15.3 Å². The second-order valence-electron chi connectivity index (χ2n) is 3.68. The molecule has 5 heteroatoms. The van der Waals surface area contributed by atoms with Gasteiger partial charge in [-0.15, -0.1) is 0 Å². The summed E-state index contributed by atoms with van der Waals surface area (Å²) in [4.78, 5) is 10.8. The van der Waals surface area contributed by atoms with Crippen molar-refractivity contribution in [3.8, 4) is 0 Å². The van der Waals surface area contributed by atoms with E-state index in [0.717, 1.165) is 38.5 Å². The number of hydrogen-bond donors (Lipinski definition) is 0. The van der Waals surface area contributed by atoms with Gasteiger partial charge in [0.1, 0.15) is 0 Å². The van der Waals surface area contributed by atoms with E-state index in [0.29, 0.717) is 6.61 Å². The fourth-order valence-electron chi connectivity index (χ4n) is 1.20. The molecule has 0 saturated carbocycles. The number of esters is 1. The van der Waals surface area contributed by atoms with Gasteiger partial charge in [0.2, 0.25) is 0 Å². The molecule has 4 nitrogen and oxygen atoms in total. The Morgan fingerprint density at radius 3 is 2.24 bits per heavy atom. The van der Waals surface area contributed by atoms with Gasteiger partial charge in [-0.1, -0.05) is 20.4 Å². The zero-order valence-corrected chi connectivity index (χ0v) is 12.1. The molecular formula is C12H24O4Si. The molecule has 0 N–H and O–H groups in total. The maximum atomic E-state index is 10.8. The van der Waals surface area contributed by atoms with Gasteiger partial charge in [0.25, 0.3) is 0 Å². The molecule has 17 heavy (non-hydrogen) atoms. The Kier molecular flexibility index (Phi) is 11.4. The van der Waals surface area contributed by atoms with Crippen LogP contribution in [0.4, 0.5) is 0 Å². The molecule has 0 fully saturated rings. The highest BCUT2D eigenvalue weighted by atomic mass is 28.3. The van der Waals surface area contributed by atoms with E-state index >= 15 is 0 Å². The molecule has 0 spiro atoms. The van der Waals surface area contributed by atoms with Crippen molar-refractivity contribution in [3.63, 3.8) is 0 Å². The molecule has 0 aromatic rings. The topological polar surface area (TPSA) is 44.8 Å². The normalized spacial score (nSPS) is 10.5. The van der Waals surface area contributed by atoms with Gasteiger partial charge in [-0.25, -0.2) is 4.79 Å². The van der Waals surface area contributed by atoms with Gasteiger partial charge in [-0.2, -0.15) is 0 Å². The maximum Gasteiger partial charge on any atom is 0.330 e. The molecule has 100 valence electrons. The SMILES string of the molecule is C=CC(=O)OCCC[SiH](OCCC)OCCC. The number of carbonyl (C=O) groups excluding carboxylic acids is 1. The van der Waals surface area contributed by atoms with Crippen LogP contribution in [0.15, 0.2) is 12.7 Å². The molecule has 0 atom stereocenters. The third-order valence-corrected chi connectivity index (χ3v) is 4.11. The fourth-order valence-corrected chi connectivity index (χ4v) is 3.12. The van der Waals surface area contributed by atoms with Crippen molar-refractivity contribution in [2.75, 3.05) is 19.8 Å². The summed E-state index contributed by atoms with van der Waals surface area (Å²) in [6.45, 7) is 9.43. The fraction of sp³-hybridized carbons (Fsp3) is 0.750. The minimum Gasteiger partial charge on any atom is -0.463 e.